The van der Waals surface area contributed by atoms with Crippen LogP contribution in [0.3, 0.4) is 0 Å². The Morgan fingerprint density at radius 1 is 1.07 bits per heavy atom. The van der Waals surface area contributed by atoms with E-state index < -0.39 is 17.2 Å². The zero-order chi connectivity index (χ0) is 29.2. The van der Waals surface area contributed by atoms with Crippen molar-refractivity contribution in [2.24, 2.45) is 5.92 Å². The first-order valence-corrected chi connectivity index (χ1v) is 16.0. The molecule has 0 radical (unpaired) electrons. The van der Waals surface area contributed by atoms with Crippen LogP contribution in [0.25, 0.3) is 0 Å². The first-order chi connectivity index (χ1) is 19.4. The number of pyridine rings is 1. The van der Waals surface area contributed by atoms with Gasteiger partial charge in [-0.1, -0.05) is 11.6 Å². The lowest BCUT2D eigenvalue weighted by Crippen LogP contribution is -2.57. The minimum absolute atomic E-state index is 0.0616. The highest BCUT2D eigenvalue weighted by atomic mass is 35.5. The summed E-state index contributed by atoms with van der Waals surface area (Å²) in [6.07, 6.45) is 5.38. The maximum absolute atomic E-state index is 13.3. The van der Waals surface area contributed by atoms with E-state index in [0.29, 0.717) is 41.8 Å². The molecule has 2 aliphatic carbocycles. The molecular weight excluding hydrogens is 572 g/mol. The number of H-pyrrole nitrogens is 1. The summed E-state index contributed by atoms with van der Waals surface area (Å²) in [5, 5.41) is 7.51. The number of nitrogens with one attached hydrogen (secondary N) is 3. The van der Waals surface area contributed by atoms with Gasteiger partial charge >= 0.3 is 0 Å². The number of thioether (sulfide) groups is 1. The van der Waals surface area contributed by atoms with Crippen molar-refractivity contribution in [2.75, 3.05) is 19.5 Å². The van der Waals surface area contributed by atoms with Crippen molar-refractivity contribution in [1.29, 1.82) is 0 Å². The Balaban J connectivity index is 1.17. The smallest absolute Gasteiger partial charge is 0.253 e. The normalized spacial score (nSPS) is 28.3. The number of rotatable bonds is 8. The molecule has 41 heavy (non-hydrogen) atoms. The topological polar surface area (TPSA) is 84.6 Å². The third-order valence-corrected chi connectivity index (χ3v) is 10.4. The molecule has 0 spiro atoms. The van der Waals surface area contributed by atoms with Crippen molar-refractivity contribution in [1.82, 2.24) is 15.6 Å². The Labute approximate surface area is 248 Å². The van der Waals surface area contributed by atoms with Crippen LogP contribution < -0.4 is 25.7 Å². The third kappa shape index (κ3) is 5.39. The molecule has 3 fully saturated rings. The van der Waals surface area contributed by atoms with Crippen molar-refractivity contribution in [3.05, 3.63) is 49.9 Å². The van der Waals surface area contributed by atoms with Crippen LogP contribution in [-0.4, -0.2) is 48.2 Å². The van der Waals surface area contributed by atoms with Crippen molar-refractivity contribution in [3.63, 3.8) is 0 Å². The molecule has 3 N–H and O–H groups in total. The minimum atomic E-state index is -2.51. The number of aromatic nitrogens is 1. The van der Waals surface area contributed by atoms with Gasteiger partial charge in [-0.25, -0.2) is 8.78 Å². The highest BCUT2D eigenvalue weighted by Crippen LogP contribution is 2.53. The molecule has 11 heteroatoms. The minimum Gasteiger partial charge on any atom is -0.448 e. The summed E-state index contributed by atoms with van der Waals surface area (Å²) in [6, 6.07) is 4.09. The number of hydrogen-bond acceptors (Lipinski definition) is 7. The molecule has 4 aliphatic rings. The molecule has 1 aromatic carbocycles. The Bertz CT molecular complexity index is 1380. The number of fused-ring (bicyclic) bond motifs is 1. The van der Waals surface area contributed by atoms with E-state index in [1.807, 2.05) is 39.2 Å². The van der Waals surface area contributed by atoms with E-state index in [9.17, 15) is 13.6 Å². The summed E-state index contributed by atoms with van der Waals surface area (Å²) in [5.41, 5.74) is 2.83. The third-order valence-electron chi connectivity index (χ3n) is 9.34. The fourth-order valence-electron chi connectivity index (χ4n) is 6.86. The Hall–Kier alpha value is -1.85. The molecule has 2 aromatic rings. The van der Waals surface area contributed by atoms with Gasteiger partial charge in [0.25, 0.3) is 17.3 Å². The van der Waals surface area contributed by atoms with Crippen LogP contribution in [0.15, 0.2) is 21.8 Å². The SMILES string of the molecule is CSc1cc(C)[nH]c(=O)c1CNC1(c2cc(Cl)c3c(c2C)OC(C)(C2CCC(NC4CC(F)(F)C4)CC2)O3)COC1. The second-order valence-corrected chi connectivity index (χ2v) is 13.6. The molecule has 2 saturated carbocycles. The maximum atomic E-state index is 13.3. The van der Waals surface area contributed by atoms with Gasteiger partial charge in [0.15, 0.2) is 11.5 Å². The largest absolute Gasteiger partial charge is 0.448 e. The number of hydrogen-bond donors (Lipinski definition) is 3. The second kappa shape index (κ2) is 10.7. The molecule has 1 unspecified atom stereocenters. The van der Waals surface area contributed by atoms with Crippen LogP contribution in [0.5, 0.6) is 11.5 Å². The van der Waals surface area contributed by atoms with Gasteiger partial charge in [0.05, 0.1) is 23.8 Å². The zero-order valence-electron chi connectivity index (χ0n) is 23.9. The Kier molecular flexibility index (Phi) is 7.63. The highest BCUT2D eigenvalue weighted by molar-refractivity contribution is 7.98. The van der Waals surface area contributed by atoms with Gasteiger partial charge in [-0.3, -0.25) is 10.1 Å². The van der Waals surface area contributed by atoms with E-state index in [1.165, 1.54) is 0 Å². The second-order valence-electron chi connectivity index (χ2n) is 12.3. The molecule has 3 heterocycles. The predicted octanol–water partition coefficient (Wildman–Crippen LogP) is 5.82. The summed E-state index contributed by atoms with van der Waals surface area (Å²) in [5.74, 6) is -2.01. The fraction of sp³-hybridized carbons (Fsp3) is 0.633. The number of benzene rings is 1. The van der Waals surface area contributed by atoms with Crippen LogP contribution in [0.1, 0.15) is 67.8 Å². The molecule has 2 aliphatic heterocycles. The standard InChI is InChI=1S/C30H38ClF2N3O4S/c1-16-9-24(41-4)21(27(37)35-16)13-34-29(14-38-15-29)22-10-23(31)26-25(17(22)2)39-28(3,40-26)18-5-7-19(8-6-18)36-20-11-30(32,33)12-20/h9-10,18-20,34,36H,5-8,11-15H2,1-4H3,(H,35,37). The van der Waals surface area contributed by atoms with E-state index in [2.05, 4.69) is 15.6 Å². The van der Waals surface area contributed by atoms with Crippen LogP contribution in [0.2, 0.25) is 5.02 Å². The van der Waals surface area contributed by atoms with Crippen molar-refractivity contribution in [2.45, 2.75) is 100 Å². The molecule has 224 valence electrons. The quantitative estimate of drug-likeness (QED) is 0.326. The zero-order valence-corrected chi connectivity index (χ0v) is 25.5. The fourth-order valence-corrected chi connectivity index (χ4v) is 7.80. The summed E-state index contributed by atoms with van der Waals surface area (Å²) < 4.78 is 45.2. The van der Waals surface area contributed by atoms with Gasteiger partial charge in [0.2, 0.25) is 0 Å². The lowest BCUT2D eigenvalue weighted by atomic mass is 9.79. The first kappa shape index (κ1) is 29.2. The lowest BCUT2D eigenvalue weighted by molar-refractivity contribution is -0.123. The van der Waals surface area contributed by atoms with Crippen molar-refractivity contribution in [3.8, 4) is 11.5 Å². The first-order valence-electron chi connectivity index (χ1n) is 14.4. The molecular formula is C30H38ClF2N3O4S. The molecule has 0 amide bonds. The van der Waals surface area contributed by atoms with Gasteiger partial charge in [0.1, 0.15) is 0 Å². The lowest BCUT2D eigenvalue weighted by Gasteiger charge is -2.44. The van der Waals surface area contributed by atoms with Gasteiger partial charge < -0.3 is 24.5 Å². The van der Waals surface area contributed by atoms with E-state index in [-0.39, 0.29) is 36.4 Å². The van der Waals surface area contributed by atoms with Crippen molar-refractivity contribution < 1.29 is 23.0 Å². The van der Waals surface area contributed by atoms with Crippen LogP contribution in [0.4, 0.5) is 8.78 Å². The summed E-state index contributed by atoms with van der Waals surface area (Å²) in [4.78, 5) is 16.6. The Morgan fingerprint density at radius 2 is 1.76 bits per heavy atom. The number of aryl methyl sites for hydroxylation is 1. The maximum Gasteiger partial charge on any atom is 0.253 e. The molecule has 1 saturated heterocycles. The number of ether oxygens (including phenoxy) is 3. The van der Waals surface area contributed by atoms with Crippen LogP contribution in [0, 0.1) is 19.8 Å². The number of alkyl halides is 2. The summed E-state index contributed by atoms with van der Waals surface area (Å²) in [6.45, 7) is 7.15. The molecule has 1 aromatic heterocycles. The summed E-state index contributed by atoms with van der Waals surface area (Å²) >= 11 is 8.38. The number of halogens is 3. The van der Waals surface area contributed by atoms with Gasteiger partial charge in [-0.05, 0) is 63.5 Å². The monoisotopic (exact) mass is 609 g/mol. The van der Waals surface area contributed by atoms with Gasteiger partial charge in [-0.2, -0.15) is 0 Å². The van der Waals surface area contributed by atoms with E-state index in [4.69, 9.17) is 25.8 Å². The van der Waals surface area contributed by atoms with Gasteiger partial charge in [0, 0.05) is 66.0 Å². The molecule has 6 rings (SSSR count). The average Bonchev–Trinajstić information content (AvgIpc) is 3.26. The predicted molar refractivity (Wildman–Crippen MR) is 156 cm³/mol. The molecule has 0 bridgehead atoms. The van der Waals surface area contributed by atoms with Crippen LogP contribution in [-0.2, 0) is 16.8 Å². The Morgan fingerprint density at radius 3 is 2.37 bits per heavy atom. The number of aromatic amines is 1. The molecule has 7 nitrogen and oxygen atoms in total. The van der Waals surface area contributed by atoms with E-state index >= 15 is 0 Å². The highest BCUT2D eigenvalue weighted by Gasteiger charge is 2.50. The summed E-state index contributed by atoms with van der Waals surface area (Å²) in [7, 11) is 0. The van der Waals surface area contributed by atoms with Gasteiger partial charge in [-0.15, -0.1) is 11.8 Å². The molecule has 1 atom stereocenters. The van der Waals surface area contributed by atoms with E-state index in [1.54, 1.807) is 11.8 Å². The average molecular weight is 610 g/mol. The van der Waals surface area contributed by atoms with E-state index in [0.717, 1.165) is 47.4 Å². The van der Waals surface area contributed by atoms with Crippen LogP contribution >= 0.6 is 23.4 Å². The van der Waals surface area contributed by atoms with Crippen molar-refractivity contribution >= 4 is 23.4 Å².